The maximum Gasteiger partial charge on any atom is 0.407 e. The van der Waals surface area contributed by atoms with Crippen molar-refractivity contribution in [2.45, 2.75) is 129 Å². The summed E-state index contributed by atoms with van der Waals surface area (Å²) in [7, 11) is 0. The summed E-state index contributed by atoms with van der Waals surface area (Å²) in [5, 5.41) is 20.7. The van der Waals surface area contributed by atoms with Gasteiger partial charge >= 0.3 is 6.09 Å². The van der Waals surface area contributed by atoms with Gasteiger partial charge in [0.1, 0.15) is 18.1 Å². The molecule has 0 saturated heterocycles. The van der Waals surface area contributed by atoms with Crippen molar-refractivity contribution < 1.29 is 33.8 Å². The van der Waals surface area contributed by atoms with Crippen molar-refractivity contribution in [3.63, 3.8) is 0 Å². The molecule has 0 aliphatic heterocycles. The first-order valence-corrected chi connectivity index (χ1v) is 16.2. The number of nitrogens with one attached hydrogen (secondary N) is 4. The first-order chi connectivity index (χ1) is 21.3. The molecule has 12 nitrogen and oxygen atoms in total. The van der Waals surface area contributed by atoms with Crippen LogP contribution in [0.1, 0.15) is 98.0 Å². The number of primary amides is 1. The summed E-state index contributed by atoms with van der Waals surface area (Å²) < 4.78 is 5.31. The van der Waals surface area contributed by atoms with E-state index in [1.165, 1.54) is 33.1 Å². The maximum absolute atomic E-state index is 13.4. The highest BCUT2D eigenvalue weighted by Gasteiger charge is 2.31. The van der Waals surface area contributed by atoms with Crippen LogP contribution in [0.25, 0.3) is 0 Å². The van der Waals surface area contributed by atoms with E-state index < -0.39 is 60.0 Å². The lowest BCUT2D eigenvalue weighted by Gasteiger charge is -2.27. The molecule has 0 bridgehead atoms. The lowest BCUT2D eigenvalue weighted by molar-refractivity contribution is -0.133. The van der Waals surface area contributed by atoms with E-state index in [1.807, 2.05) is 30.3 Å². The highest BCUT2D eigenvalue weighted by atomic mass is 16.5. The molecule has 0 aliphatic rings. The molecule has 5 atom stereocenters. The van der Waals surface area contributed by atoms with E-state index in [-0.39, 0.29) is 31.8 Å². The Morgan fingerprint density at radius 2 is 1.42 bits per heavy atom. The molecule has 2 unspecified atom stereocenters. The van der Waals surface area contributed by atoms with Crippen LogP contribution in [-0.2, 0) is 30.3 Å². The Morgan fingerprint density at radius 3 is 2.00 bits per heavy atom. The lowest BCUT2D eigenvalue weighted by Crippen LogP contribution is -2.58. The number of benzene rings is 1. The zero-order valence-corrected chi connectivity index (χ0v) is 27.6. The highest BCUT2D eigenvalue weighted by molar-refractivity contribution is 5.94. The Kier molecular flexibility index (Phi) is 19.2. The van der Waals surface area contributed by atoms with E-state index in [0.29, 0.717) is 0 Å². The van der Waals surface area contributed by atoms with E-state index in [1.54, 1.807) is 13.8 Å². The Balaban J connectivity index is 2.85. The third kappa shape index (κ3) is 16.8. The van der Waals surface area contributed by atoms with Gasteiger partial charge in [0, 0.05) is 12.8 Å². The molecule has 0 heterocycles. The van der Waals surface area contributed by atoms with Gasteiger partial charge in [-0.2, -0.15) is 0 Å². The van der Waals surface area contributed by atoms with Crippen molar-refractivity contribution in [2.75, 3.05) is 6.61 Å². The Bertz CT molecular complexity index is 1050. The molecule has 254 valence electrons. The Morgan fingerprint density at radius 1 is 0.800 bits per heavy atom. The van der Waals surface area contributed by atoms with E-state index in [0.717, 1.165) is 31.2 Å². The van der Waals surface area contributed by atoms with Gasteiger partial charge in [-0.1, -0.05) is 89.6 Å². The van der Waals surface area contributed by atoms with Crippen molar-refractivity contribution >= 4 is 29.7 Å². The van der Waals surface area contributed by atoms with Gasteiger partial charge in [0.15, 0.2) is 0 Å². The van der Waals surface area contributed by atoms with Gasteiger partial charge in [0.05, 0.1) is 18.8 Å². The van der Waals surface area contributed by atoms with Gasteiger partial charge in [-0.05, 0) is 38.2 Å². The van der Waals surface area contributed by atoms with Crippen LogP contribution in [0, 0.1) is 5.92 Å². The summed E-state index contributed by atoms with van der Waals surface area (Å²) in [6, 6.07) is 5.28. The number of hydrogen-bond acceptors (Lipinski definition) is 7. The van der Waals surface area contributed by atoms with Gasteiger partial charge in [-0.15, -0.1) is 0 Å². The number of carbonyl (C=O) groups is 5. The van der Waals surface area contributed by atoms with Crippen LogP contribution in [0.3, 0.4) is 0 Å². The number of unbranched alkanes of at least 4 members (excludes halogenated alkanes) is 6. The van der Waals surface area contributed by atoms with E-state index >= 15 is 0 Å². The third-order valence-corrected chi connectivity index (χ3v) is 7.48. The molecule has 0 radical (unpaired) electrons. The summed E-state index contributed by atoms with van der Waals surface area (Å²) in [5.74, 6) is -2.62. The molecule has 0 fully saturated rings. The second-order valence-electron chi connectivity index (χ2n) is 12.0. The molecule has 7 N–H and O–H groups in total. The lowest BCUT2D eigenvalue weighted by atomic mass is 10.0. The summed E-state index contributed by atoms with van der Waals surface area (Å²) in [6.07, 6.45) is 6.16. The largest absolute Gasteiger partial charge is 0.450 e. The summed E-state index contributed by atoms with van der Waals surface area (Å²) in [6.45, 7) is 8.92. The number of aliphatic hydroxyl groups is 1. The topological polar surface area (TPSA) is 189 Å². The maximum atomic E-state index is 13.4. The minimum Gasteiger partial charge on any atom is -0.450 e. The van der Waals surface area contributed by atoms with Crippen molar-refractivity contribution in [3.05, 3.63) is 35.9 Å². The summed E-state index contributed by atoms with van der Waals surface area (Å²) in [4.78, 5) is 63.3. The van der Waals surface area contributed by atoms with Crippen LogP contribution < -0.4 is 27.0 Å². The molecular formula is C33H55N5O7. The van der Waals surface area contributed by atoms with E-state index in [9.17, 15) is 29.1 Å². The van der Waals surface area contributed by atoms with Crippen LogP contribution >= 0.6 is 0 Å². The molecule has 12 heteroatoms. The van der Waals surface area contributed by atoms with Gasteiger partial charge < -0.3 is 36.8 Å². The highest BCUT2D eigenvalue weighted by Crippen LogP contribution is 2.10. The molecule has 0 aliphatic carbocycles. The van der Waals surface area contributed by atoms with E-state index in [4.69, 9.17) is 10.5 Å². The van der Waals surface area contributed by atoms with Crippen LogP contribution in [0.4, 0.5) is 4.79 Å². The first-order valence-electron chi connectivity index (χ1n) is 16.2. The minimum absolute atomic E-state index is 0.0283. The minimum atomic E-state index is -1.07. The van der Waals surface area contributed by atoms with E-state index in [2.05, 4.69) is 28.2 Å². The first kappa shape index (κ1) is 39.4. The van der Waals surface area contributed by atoms with Gasteiger partial charge in [0.2, 0.25) is 23.6 Å². The molecule has 1 aromatic carbocycles. The molecular weight excluding hydrogens is 578 g/mol. The van der Waals surface area contributed by atoms with Crippen molar-refractivity contribution in [1.29, 1.82) is 0 Å². The molecule has 1 aromatic rings. The second kappa shape index (κ2) is 21.9. The molecule has 1 rings (SSSR count). The number of carbonyl (C=O) groups excluding carboxylic acids is 5. The monoisotopic (exact) mass is 633 g/mol. The van der Waals surface area contributed by atoms with Crippen LogP contribution in [0.15, 0.2) is 30.3 Å². The predicted octanol–water partition coefficient (Wildman–Crippen LogP) is 2.85. The van der Waals surface area contributed by atoms with Crippen molar-refractivity contribution in [1.82, 2.24) is 21.3 Å². The van der Waals surface area contributed by atoms with Crippen LogP contribution in [0.5, 0.6) is 0 Å². The van der Waals surface area contributed by atoms with Gasteiger partial charge in [-0.3, -0.25) is 19.2 Å². The summed E-state index contributed by atoms with van der Waals surface area (Å²) in [5.41, 5.74) is 5.97. The fraction of sp³-hybridized carbons (Fsp3) is 0.667. The third-order valence-electron chi connectivity index (χ3n) is 7.48. The number of rotatable bonds is 22. The zero-order chi connectivity index (χ0) is 33.8. The fourth-order valence-electron chi connectivity index (χ4n) is 4.67. The fourth-order valence-corrected chi connectivity index (χ4v) is 4.67. The van der Waals surface area contributed by atoms with Crippen molar-refractivity contribution in [2.24, 2.45) is 11.7 Å². The normalized spacial score (nSPS) is 14.4. The average Bonchev–Trinajstić information content (AvgIpc) is 2.98. The predicted molar refractivity (Wildman–Crippen MR) is 173 cm³/mol. The second-order valence-corrected chi connectivity index (χ2v) is 12.0. The molecule has 0 aromatic heterocycles. The van der Waals surface area contributed by atoms with Gasteiger partial charge in [-0.25, -0.2) is 4.79 Å². The SMILES string of the molecule is CCCCCCCCCOC(=O)N[C@H](C(=O)N[C@@H](Cc1ccccc1)C(=O)N[C@@H](C)C(=O)NC(CCC(N)=O)C(C)O)C(C)C. The molecule has 5 amide bonds. The number of amides is 5. The zero-order valence-electron chi connectivity index (χ0n) is 27.6. The summed E-state index contributed by atoms with van der Waals surface area (Å²) >= 11 is 0. The molecule has 45 heavy (non-hydrogen) atoms. The number of nitrogens with two attached hydrogens (primary N) is 1. The number of alkyl carbamates (subject to hydrolysis) is 1. The standard InChI is InChI=1S/C33H55N5O7/c1-6-7-8-9-10-11-15-20-45-33(44)38-29(22(2)3)32(43)37-27(21-25-16-13-12-14-17-25)31(42)35-23(4)30(41)36-26(24(5)39)18-19-28(34)40/h12-14,16-17,22-24,26-27,29,39H,6-11,15,18-21H2,1-5H3,(H2,34,40)(H,35,42)(H,36,41)(H,37,43)(H,38,44)/t23-,24?,26?,27-,29-/m0/s1. The average molecular weight is 634 g/mol. The van der Waals surface area contributed by atoms with Gasteiger partial charge in [0.25, 0.3) is 0 Å². The smallest absolute Gasteiger partial charge is 0.407 e. The molecule has 0 saturated carbocycles. The van der Waals surface area contributed by atoms with Crippen molar-refractivity contribution in [3.8, 4) is 0 Å². The Labute approximate surface area is 268 Å². The molecule has 0 spiro atoms. The number of ether oxygens (including phenoxy) is 1. The quantitative estimate of drug-likeness (QED) is 0.106. The van der Waals surface area contributed by atoms with Crippen LogP contribution in [-0.4, -0.2) is 71.7 Å². The van der Waals surface area contributed by atoms with Crippen LogP contribution in [0.2, 0.25) is 0 Å². The number of aliphatic hydroxyl groups excluding tert-OH is 1. The Hall–Kier alpha value is -3.67. The number of hydrogen-bond donors (Lipinski definition) is 6.